The van der Waals surface area contributed by atoms with E-state index >= 15 is 0 Å². The van der Waals surface area contributed by atoms with Gasteiger partial charge in [-0.1, -0.05) is 30.3 Å². The number of nitro groups is 1. The summed E-state index contributed by atoms with van der Waals surface area (Å²) >= 11 is 0. The van der Waals surface area contributed by atoms with E-state index in [1.807, 2.05) is 30.3 Å². The van der Waals surface area contributed by atoms with Gasteiger partial charge in [-0.3, -0.25) is 19.7 Å². The molecule has 5 nitrogen and oxygen atoms in total. The second kappa shape index (κ2) is 6.56. The van der Waals surface area contributed by atoms with Crippen LogP contribution >= 0.6 is 0 Å². The lowest BCUT2D eigenvalue weighted by Gasteiger charge is -2.02. The van der Waals surface area contributed by atoms with Crippen molar-refractivity contribution in [3.8, 4) is 0 Å². The average Bonchev–Trinajstić information content (AvgIpc) is 2.48. The normalized spacial score (nSPS) is 10.1. The Hall–Kier alpha value is -2.82. The van der Waals surface area contributed by atoms with E-state index in [0.717, 1.165) is 5.56 Å². The highest BCUT2D eigenvalue weighted by molar-refractivity contribution is 6.08. The zero-order valence-electron chi connectivity index (χ0n) is 11.2. The largest absolute Gasteiger partial charge is 0.299 e. The van der Waals surface area contributed by atoms with Crippen molar-refractivity contribution in [2.24, 2.45) is 0 Å². The van der Waals surface area contributed by atoms with Crippen molar-refractivity contribution < 1.29 is 14.5 Å². The minimum atomic E-state index is -0.533. The fraction of sp³-hybridized carbons (Fsp3) is 0.125. The van der Waals surface area contributed by atoms with Gasteiger partial charge in [0.2, 0.25) is 0 Å². The summed E-state index contributed by atoms with van der Waals surface area (Å²) in [6.07, 6.45) is 0.00622. The molecule has 0 aliphatic carbocycles. The molecule has 0 heterocycles. The van der Waals surface area contributed by atoms with E-state index in [-0.39, 0.29) is 30.1 Å². The van der Waals surface area contributed by atoms with Gasteiger partial charge in [0.05, 0.1) is 11.3 Å². The molecule has 0 aliphatic rings. The standard InChI is InChI=1S/C16H13NO4/c18-15(10-12-4-2-1-3-5-12)11-16(19)13-6-8-14(9-7-13)17(20)21/h1-9H,10-11H2. The highest BCUT2D eigenvalue weighted by Gasteiger charge is 2.13. The summed E-state index contributed by atoms with van der Waals surface area (Å²) in [6, 6.07) is 14.4. The molecule has 0 spiro atoms. The Bertz CT molecular complexity index is 662. The Morgan fingerprint density at radius 3 is 2.14 bits per heavy atom. The number of carbonyl (C=O) groups excluding carboxylic acids is 2. The topological polar surface area (TPSA) is 77.3 Å². The van der Waals surface area contributed by atoms with Gasteiger partial charge in [0, 0.05) is 24.1 Å². The molecule has 0 bridgehead atoms. The molecule has 21 heavy (non-hydrogen) atoms. The molecule has 0 radical (unpaired) electrons. The van der Waals surface area contributed by atoms with E-state index in [4.69, 9.17) is 0 Å². The molecule has 106 valence electrons. The molecule has 2 aromatic carbocycles. The molecule has 0 amide bonds. The molecule has 2 aromatic rings. The summed E-state index contributed by atoms with van der Waals surface area (Å²) in [5, 5.41) is 10.5. The maximum atomic E-state index is 11.9. The van der Waals surface area contributed by atoms with Crippen LogP contribution in [0.4, 0.5) is 5.69 Å². The number of rotatable bonds is 6. The van der Waals surface area contributed by atoms with Crippen LogP contribution in [0.2, 0.25) is 0 Å². The van der Waals surface area contributed by atoms with Crippen molar-refractivity contribution in [3.63, 3.8) is 0 Å². The maximum absolute atomic E-state index is 11.9. The molecule has 0 N–H and O–H groups in total. The van der Waals surface area contributed by atoms with Gasteiger partial charge in [-0.05, 0) is 17.7 Å². The van der Waals surface area contributed by atoms with Crippen LogP contribution in [0, 0.1) is 10.1 Å². The SMILES string of the molecule is O=C(CC(=O)c1ccc([N+](=O)[O-])cc1)Cc1ccccc1. The summed E-state index contributed by atoms with van der Waals surface area (Å²) < 4.78 is 0. The van der Waals surface area contributed by atoms with E-state index in [9.17, 15) is 19.7 Å². The first-order valence-electron chi connectivity index (χ1n) is 6.39. The van der Waals surface area contributed by atoms with Crippen LogP contribution in [0.15, 0.2) is 54.6 Å². The quantitative estimate of drug-likeness (QED) is 0.353. The predicted molar refractivity (Wildman–Crippen MR) is 77.2 cm³/mol. The van der Waals surface area contributed by atoms with Crippen molar-refractivity contribution in [2.45, 2.75) is 12.8 Å². The number of non-ortho nitro benzene ring substituents is 1. The van der Waals surface area contributed by atoms with Crippen LogP contribution in [0.25, 0.3) is 0 Å². The van der Waals surface area contributed by atoms with Crippen LogP contribution in [-0.4, -0.2) is 16.5 Å². The Morgan fingerprint density at radius 2 is 1.57 bits per heavy atom. The number of ketones is 2. The van der Waals surface area contributed by atoms with Gasteiger partial charge >= 0.3 is 0 Å². The van der Waals surface area contributed by atoms with E-state index in [1.54, 1.807) is 0 Å². The molecule has 0 saturated carbocycles. The van der Waals surface area contributed by atoms with Crippen LogP contribution in [0.5, 0.6) is 0 Å². The highest BCUT2D eigenvalue weighted by atomic mass is 16.6. The van der Waals surface area contributed by atoms with Gasteiger partial charge < -0.3 is 0 Å². The maximum Gasteiger partial charge on any atom is 0.269 e. The number of hydrogen-bond donors (Lipinski definition) is 0. The highest BCUT2D eigenvalue weighted by Crippen LogP contribution is 2.14. The van der Waals surface area contributed by atoms with Crippen molar-refractivity contribution in [3.05, 3.63) is 75.8 Å². The Balaban J connectivity index is 1.97. The van der Waals surface area contributed by atoms with E-state index in [2.05, 4.69) is 0 Å². The molecule has 0 atom stereocenters. The summed E-state index contributed by atoms with van der Waals surface area (Å²) in [7, 11) is 0. The number of hydrogen-bond acceptors (Lipinski definition) is 4. The second-order valence-electron chi connectivity index (χ2n) is 4.60. The molecular weight excluding hydrogens is 270 g/mol. The van der Waals surface area contributed by atoms with Gasteiger partial charge in [0.25, 0.3) is 5.69 Å². The number of nitrogens with zero attached hydrogens (tertiary/aromatic N) is 1. The van der Waals surface area contributed by atoms with Gasteiger partial charge in [-0.2, -0.15) is 0 Å². The number of Topliss-reactive ketones (excluding diaryl/α,β-unsaturated/α-hetero) is 2. The molecule has 0 aliphatic heterocycles. The van der Waals surface area contributed by atoms with Crippen LogP contribution < -0.4 is 0 Å². The second-order valence-corrected chi connectivity index (χ2v) is 4.60. The van der Waals surface area contributed by atoms with E-state index in [0.29, 0.717) is 5.56 Å². The average molecular weight is 283 g/mol. The minimum absolute atomic E-state index is 0.0813. The van der Waals surface area contributed by atoms with Crippen molar-refractivity contribution >= 4 is 17.3 Å². The molecule has 0 aromatic heterocycles. The van der Waals surface area contributed by atoms with Crippen LogP contribution in [-0.2, 0) is 11.2 Å². The fourth-order valence-corrected chi connectivity index (χ4v) is 1.94. The number of benzene rings is 2. The van der Waals surface area contributed by atoms with Gasteiger partial charge in [-0.15, -0.1) is 0 Å². The van der Waals surface area contributed by atoms with Gasteiger partial charge in [-0.25, -0.2) is 0 Å². The zero-order valence-corrected chi connectivity index (χ0v) is 11.2. The third kappa shape index (κ3) is 4.07. The van der Waals surface area contributed by atoms with E-state index < -0.39 is 4.92 Å². The lowest BCUT2D eigenvalue weighted by atomic mass is 10.0. The molecule has 0 fully saturated rings. The molecule has 5 heteroatoms. The molecule has 0 unspecified atom stereocenters. The first kappa shape index (κ1) is 14.6. The summed E-state index contributed by atoms with van der Waals surface area (Å²) in [5.74, 6) is -0.504. The Labute approximate surface area is 121 Å². The smallest absolute Gasteiger partial charge is 0.269 e. The van der Waals surface area contributed by atoms with Crippen LogP contribution in [0.1, 0.15) is 22.3 Å². The van der Waals surface area contributed by atoms with Gasteiger partial charge in [0.15, 0.2) is 5.78 Å². The predicted octanol–water partition coefficient (Wildman–Crippen LogP) is 2.98. The monoisotopic (exact) mass is 283 g/mol. The lowest BCUT2D eigenvalue weighted by molar-refractivity contribution is -0.384. The first-order valence-corrected chi connectivity index (χ1v) is 6.39. The fourth-order valence-electron chi connectivity index (χ4n) is 1.94. The van der Waals surface area contributed by atoms with Crippen molar-refractivity contribution in [1.82, 2.24) is 0 Å². The van der Waals surface area contributed by atoms with Gasteiger partial charge in [0.1, 0.15) is 5.78 Å². The summed E-state index contributed by atoms with van der Waals surface area (Å²) in [4.78, 5) is 33.8. The first-order chi connectivity index (χ1) is 10.1. The summed E-state index contributed by atoms with van der Waals surface area (Å²) in [5.41, 5.74) is 1.09. The minimum Gasteiger partial charge on any atom is -0.299 e. The number of carbonyl (C=O) groups is 2. The molecular formula is C16H13NO4. The molecule has 0 saturated heterocycles. The number of nitro benzene ring substituents is 1. The lowest BCUT2D eigenvalue weighted by Crippen LogP contribution is -2.10. The molecule has 2 rings (SSSR count). The van der Waals surface area contributed by atoms with E-state index in [1.165, 1.54) is 24.3 Å². The zero-order chi connectivity index (χ0) is 15.2. The third-order valence-electron chi connectivity index (χ3n) is 3.00. The van der Waals surface area contributed by atoms with Crippen molar-refractivity contribution in [1.29, 1.82) is 0 Å². The Kier molecular flexibility index (Phi) is 4.56. The third-order valence-corrected chi connectivity index (χ3v) is 3.00. The summed E-state index contributed by atoms with van der Waals surface area (Å²) in [6.45, 7) is 0. The van der Waals surface area contributed by atoms with Crippen molar-refractivity contribution in [2.75, 3.05) is 0 Å². The van der Waals surface area contributed by atoms with Crippen LogP contribution in [0.3, 0.4) is 0 Å². The Morgan fingerprint density at radius 1 is 0.952 bits per heavy atom.